The van der Waals surface area contributed by atoms with E-state index >= 15 is 0 Å². The van der Waals surface area contributed by atoms with Crippen LogP contribution in [0.25, 0.3) is 11.7 Å². The van der Waals surface area contributed by atoms with Gasteiger partial charge in [0.2, 0.25) is 11.8 Å². The number of carbonyl (C=O) groups excluding carboxylic acids is 1. The van der Waals surface area contributed by atoms with Crippen LogP contribution in [0.1, 0.15) is 19.2 Å². The van der Waals surface area contributed by atoms with Crippen molar-refractivity contribution >= 4 is 11.6 Å². The van der Waals surface area contributed by atoms with Crippen molar-refractivity contribution in [3.05, 3.63) is 48.6 Å². The lowest BCUT2D eigenvalue weighted by molar-refractivity contribution is -0.132. The van der Waals surface area contributed by atoms with Gasteiger partial charge in [0.25, 0.3) is 5.89 Å². The Balaban J connectivity index is 1.31. The molecule has 0 atom stereocenters. The molecule has 3 heterocycles. The highest BCUT2D eigenvalue weighted by atomic mass is 16.4. The van der Waals surface area contributed by atoms with Gasteiger partial charge in [-0.05, 0) is 49.4 Å². The van der Waals surface area contributed by atoms with Gasteiger partial charge < -0.3 is 23.7 Å². The van der Waals surface area contributed by atoms with Gasteiger partial charge in [0, 0.05) is 31.9 Å². The average Bonchev–Trinajstić information content (AvgIpc) is 3.47. The number of hydrogen-bond donors (Lipinski definition) is 1. The smallest absolute Gasteiger partial charge is 0.283 e. The van der Waals surface area contributed by atoms with Crippen LogP contribution >= 0.6 is 0 Å². The molecule has 0 unspecified atom stereocenters. The van der Waals surface area contributed by atoms with E-state index in [1.807, 2.05) is 21.9 Å². The fourth-order valence-corrected chi connectivity index (χ4v) is 3.71. The van der Waals surface area contributed by atoms with Gasteiger partial charge in [-0.3, -0.25) is 9.69 Å². The zero-order valence-electron chi connectivity index (χ0n) is 17.6. The zero-order valence-corrected chi connectivity index (χ0v) is 17.6. The largest absolute Gasteiger partial charge is 0.508 e. The summed E-state index contributed by atoms with van der Waals surface area (Å²) < 4.78 is 11.0. The van der Waals surface area contributed by atoms with Gasteiger partial charge in [0.15, 0.2) is 5.76 Å². The Morgan fingerprint density at radius 2 is 1.90 bits per heavy atom. The second-order valence-electron chi connectivity index (χ2n) is 7.57. The third kappa shape index (κ3) is 5.24. The number of furan rings is 1. The molecule has 9 nitrogen and oxygen atoms in total. The number of piperazine rings is 1. The number of aromatic hydroxyl groups is 1. The maximum atomic E-state index is 12.9. The van der Waals surface area contributed by atoms with E-state index in [2.05, 4.69) is 22.0 Å². The number of aromatic nitrogens is 2. The summed E-state index contributed by atoms with van der Waals surface area (Å²) in [5.74, 6) is 1.69. The molecule has 0 bridgehead atoms. The Morgan fingerprint density at radius 1 is 1.13 bits per heavy atom. The molecule has 2 aromatic heterocycles. The van der Waals surface area contributed by atoms with Crippen LogP contribution in [0.4, 0.5) is 5.69 Å². The topological polar surface area (TPSA) is 99.1 Å². The molecule has 0 saturated carbocycles. The number of amides is 1. The van der Waals surface area contributed by atoms with Gasteiger partial charge in [-0.25, -0.2) is 0 Å². The third-order valence-corrected chi connectivity index (χ3v) is 5.30. The predicted molar refractivity (Wildman–Crippen MR) is 114 cm³/mol. The molecule has 1 aliphatic heterocycles. The number of nitrogens with zero attached hydrogens (tertiary/aromatic N) is 5. The van der Waals surface area contributed by atoms with Crippen molar-refractivity contribution < 1.29 is 18.7 Å². The molecule has 4 rings (SSSR count). The van der Waals surface area contributed by atoms with Crippen LogP contribution in [0, 0.1) is 0 Å². The number of rotatable bonds is 8. The summed E-state index contributed by atoms with van der Waals surface area (Å²) in [7, 11) is 0. The van der Waals surface area contributed by atoms with E-state index in [0.29, 0.717) is 43.7 Å². The lowest BCUT2D eigenvalue weighted by Crippen LogP contribution is -2.51. The molecule has 0 aliphatic carbocycles. The Bertz CT molecular complexity index is 962. The Morgan fingerprint density at radius 3 is 2.58 bits per heavy atom. The number of benzene rings is 1. The average molecular weight is 425 g/mol. The number of carbonyl (C=O) groups is 1. The molecule has 31 heavy (non-hydrogen) atoms. The number of phenols is 1. The van der Waals surface area contributed by atoms with Crippen LogP contribution < -0.4 is 4.90 Å². The first kappa shape index (κ1) is 20.9. The molecule has 164 valence electrons. The molecule has 0 radical (unpaired) electrons. The van der Waals surface area contributed by atoms with Crippen LogP contribution in [-0.4, -0.2) is 70.3 Å². The molecular weight excluding hydrogens is 398 g/mol. The molecular formula is C22H27N5O4. The molecule has 1 amide bonds. The molecule has 0 spiro atoms. The van der Waals surface area contributed by atoms with E-state index in [0.717, 1.165) is 31.7 Å². The van der Waals surface area contributed by atoms with E-state index in [1.54, 1.807) is 30.5 Å². The zero-order chi connectivity index (χ0) is 21.6. The summed E-state index contributed by atoms with van der Waals surface area (Å²) >= 11 is 0. The fraction of sp³-hybridized carbons (Fsp3) is 0.409. The van der Waals surface area contributed by atoms with E-state index in [-0.39, 0.29) is 11.7 Å². The van der Waals surface area contributed by atoms with Crippen LogP contribution in [0.15, 0.2) is 51.5 Å². The normalized spacial score (nSPS) is 14.4. The standard InChI is InChI=1S/C22H27N5O4/c1-2-9-25(15-20-23-24-22(31-20)19-4-3-14-30-19)16-21(29)27-12-10-26(11-13-27)17-5-7-18(28)8-6-17/h3-8,14,28H,2,9-13,15-16H2,1H3. The van der Waals surface area contributed by atoms with Gasteiger partial charge in [-0.1, -0.05) is 6.92 Å². The summed E-state index contributed by atoms with van der Waals surface area (Å²) in [4.78, 5) is 19.1. The summed E-state index contributed by atoms with van der Waals surface area (Å²) in [6.45, 7) is 6.44. The molecule has 3 aromatic rings. The molecule has 1 aliphatic rings. The second kappa shape index (κ2) is 9.65. The van der Waals surface area contributed by atoms with Crippen LogP contribution in [-0.2, 0) is 11.3 Å². The maximum absolute atomic E-state index is 12.9. The van der Waals surface area contributed by atoms with Crippen molar-refractivity contribution in [3.63, 3.8) is 0 Å². The van der Waals surface area contributed by atoms with Crippen molar-refractivity contribution in [1.82, 2.24) is 20.0 Å². The Labute approximate surface area is 180 Å². The number of phenolic OH excluding ortho intramolecular Hbond substituents is 1. The fourth-order valence-electron chi connectivity index (χ4n) is 3.71. The van der Waals surface area contributed by atoms with Gasteiger partial charge >= 0.3 is 0 Å². The summed E-state index contributed by atoms with van der Waals surface area (Å²) in [5, 5.41) is 17.6. The summed E-state index contributed by atoms with van der Waals surface area (Å²) in [6.07, 6.45) is 2.48. The number of anilines is 1. The van der Waals surface area contributed by atoms with E-state index in [9.17, 15) is 9.90 Å². The highest BCUT2D eigenvalue weighted by molar-refractivity contribution is 5.78. The minimum atomic E-state index is 0.101. The lowest BCUT2D eigenvalue weighted by atomic mass is 10.2. The van der Waals surface area contributed by atoms with Crippen LogP contribution in [0.3, 0.4) is 0 Å². The van der Waals surface area contributed by atoms with Crippen molar-refractivity contribution in [1.29, 1.82) is 0 Å². The number of hydrogen-bond acceptors (Lipinski definition) is 8. The highest BCUT2D eigenvalue weighted by Gasteiger charge is 2.24. The molecule has 1 fully saturated rings. The second-order valence-corrected chi connectivity index (χ2v) is 7.57. The maximum Gasteiger partial charge on any atom is 0.283 e. The molecule has 1 N–H and O–H groups in total. The first-order chi connectivity index (χ1) is 15.1. The Hall–Kier alpha value is -3.33. The SMILES string of the molecule is CCCN(CC(=O)N1CCN(c2ccc(O)cc2)CC1)Cc1nnc(-c2ccco2)o1. The minimum absolute atomic E-state index is 0.101. The molecule has 1 saturated heterocycles. The lowest BCUT2D eigenvalue weighted by Gasteiger charge is -2.37. The van der Waals surface area contributed by atoms with Gasteiger partial charge in [0.1, 0.15) is 5.75 Å². The Kier molecular flexibility index (Phi) is 6.51. The van der Waals surface area contributed by atoms with Gasteiger partial charge in [0.05, 0.1) is 19.4 Å². The first-order valence-corrected chi connectivity index (χ1v) is 10.5. The van der Waals surface area contributed by atoms with Crippen molar-refractivity contribution in [2.75, 3.05) is 44.2 Å². The van der Waals surface area contributed by atoms with Crippen molar-refractivity contribution in [2.45, 2.75) is 19.9 Å². The monoisotopic (exact) mass is 425 g/mol. The molecule has 1 aromatic carbocycles. The van der Waals surface area contributed by atoms with Crippen molar-refractivity contribution in [2.24, 2.45) is 0 Å². The summed E-state index contributed by atoms with van der Waals surface area (Å²) in [5.41, 5.74) is 1.06. The summed E-state index contributed by atoms with van der Waals surface area (Å²) in [6, 6.07) is 10.7. The first-order valence-electron chi connectivity index (χ1n) is 10.5. The highest BCUT2D eigenvalue weighted by Crippen LogP contribution is 2.21. The van der Waals surface area contributed by atoms with E-state index in [4.69, 9.17) is 8.83 Å². The predicted octanol–water partition coefficient (Wildman–Crippen LogP) is 2.60. The minimum Gasteiger partial charge on any atom is -0.508 e. The van der Waals surface area contributed by atoms with E-state index < -0.39 is 0 Å². The van der Waals surface area contributed by atoms with Crippen LogP contribution in [0.5, 0.6) is 5.75 Å². The van der Waals surface area contributed by atoms with Crippen LogP contribution in [0.2, 0.25) is 0 Å². The van der Waals surface area contributed by atoms with Crippen molar-refractivity contribution in [3.8, 4) is 17.4 Å². The van der Waals surface area contributed by atoms with E-state index in [1.165, 1.54) is 0 Å². The van der Waals surface area contributed by atoms with Gasteiger partial charge in [-0.15, -0.1) is 10.2 Å². The molecule has 9 heteroatoms. The van der Waals surface area contributed by atoms with Gasteiger partial charge in [-0.2, -0.15) is 0 Å². The quantitative estimate of drug-likeness (QED) is 0.588. The third-order valence-electron chi connectivity index (χ3n) is 5.30.